The molecular weight excluding hydrogens is 274 g/mol. The average molecular weight is 286 g/mol. The molecule has 0 amide bonds. The van der Waals surface area contributed by atoms with E-state index in [2.05, 4.69) is 0 Å². The molecule has 0 aliphatic heterocycles. The van der Waals surface area contributed by atoms with Crippen molar-refractivity contribution in [3.05, 3.63) is 34.9 Å². The molecule has 0 aromatic heterocycles. The van der Waals surface area contributed by atoms with Crippen molar-refractivity contribution in [1.82, 2.24) is 0 Å². The average Bonchev–Trinajstić information content (AvgIpc) is 2.26. The van der Waals surface area contributed by atoms with Crippen molar-refractivity contribution in [3.63, 3.8) is 0 Å². The van der Waals surface area contributed by atoms with Gasteiger partial charge in [-0.25, -0.2) is 0 Å². The molecule has 0 spiro atoms. The smallest absolute Gasteiger partial charge is 0.388 e. The summed E-state index contributed by atoms with van der Waals surface area (Å²) in [5.41, 5.74) is -3.35. The van der Waals surface area contributed by atoms with Gasteiger partial charge in [-0.15, -0.1) is 0 Å². The lowest BCUT2D eigenvalue weighted by Gasteiger charge is -2.19. The van der Waals surface area contributed by atoms with Gasteiger partial charge in [-0.2, -0.15) is 26.3 Å². The zero-order valence-electron chi connectivity index (χ0n) is 9.94. The molecule has 19 heavy (non-hydrogen) atoms. The first kappa shape index (κ1) is 15.8. The van der Waals surface area contributed by atoms with Crippen LogP contribution in [0.3, 0.4) is 0 Å². The van der Waals surface area contributed by atoms with Gasteiger partial charge in [0.2, 0.25) is 0 Å². The van der Waals surface area contributed by atoms with Crippen LogP contribution in [0.25, 0.3) is 0 Å². The van der Waals surface area contributed by atoms with Crippen molar-refractivity contribution in [2.24, 2.45) is 0 Å². The summed E-state index contributed by atoms with van der Waals surface area (Å²) < 4.78 is 75.4. The Morgan fingerprint density at radius 2 is 1.63 bits per heavy atom. The van der Waals surface area contributed by atoms with Crippen LogP contribution in [0.4, 0.5) is 26.3 Å². The molecule has 108 valence electrons. The number of aliphatic hydroxyl groups is 1. The normalized spacial score (nSPS) is 14.5. The number of aliphatic hydroxyl groups excluding tert-OH is 1. The molecule has 0 radical (unpaired) electrons. The van der Waals surface area contributed by atoms with Crippen molar-refractivity contribution in [2.75, 3.05) is 0 Å². The van der Waals surface area contributed by atoms with Gasteiger partial charge >= 0.3 is 12.4 Å². The fourth-order valence-electron chi connectivity index (χ4n) is 1.70. The Kier molecular flexibility index (Phi) is 4.50. The van der Waals surface area contributed by atoms with E-state index in [1.807, 2.05) is 0 Å². The second kappa shape index (κ2) is 5.40. The van der Waals surface area contributed by atoms with E-state index in [1.165, 1.54) is 0 Å². The summed E-state index contributed by atoms with van der Waals surface area (Å²) >= 11 is 0. The minimum absolute atomic E-state index is 0.0359. The van der Waals surface area contributed by atoms with E-state index >= 15 is 0 Å². The summed E-state index contributed by atoms with van der Waals surface area (Å²) in [6, 6.07) is 1.27. The summed E-state index contributed by atoms with van der Waals surface area (Å²) in [5.74, 6) is 0. The fourth-order valence-corrected chi connectivity index (χ4v) is 1.70. The maximum atomic E-state index is 12.7. The van der Waals surface area contributed by atoms with Crippen molar-refractivity contribution >= 4 is 0 Å². The summed E-state index contributed by atoms with van der Waals surface area (Å²) in [5, 5.41) is 9.58. The largest absolute Gasteiger partial charge is 0.416 e. The van der Waals surface area contributed by atoms with Crippen molar-refractivity contribution in [2.45, 2.75) is 38.2 Å². The van der Waals surface area contributed by atoms with Gasteiger partial charge in [0.1, 0.15) is 0 Å². The molecule has 1 rings (SSSR count). The minimum Gasteiger partial charge on any atom is -0.388 e. The molecule has 1 aromatic carbocycles. The Labute approximate surface area is 105 Å². The molecular formula is C12H12F6O. The Morgan fingerprint density at radius 3 is 2.05 bits per heavy atom. The first-order valence-corrected chi connectivity index (χ1v) is 5.53. The van der Waals surface area contributed by atoms with Crippen molar-refractivity contribution in [1.29, 1.82) is 0 Å². The van der Waals surface area contributed by atoms with E-state index in [4.69, 9.17) is 0 Å². The van der Waals surface area contributed by atoms with Crippen LogP contribution >= 0.6 is 0 Å². The molecule has 0 heterocycles. The Hall–Kier alpha value is -1.24. The van der Waals surface area contributed by atoms with Gasteiger partial charge in [0, 0.05) is 0 Å². The van der Waals surface area contributed by atoms with Gasteiger partial charge in [-0.1, -0.05) is 19.4 Å². The zero-order chi connectivity index (χ0) is 14.8. The molecule has 1 atom stereocenters. The zero-order valence-corrected chi connectivity index (χ0v) is 9.94. The summed E-state index contributed by atoms with van der Waals surface area (Å²) in [6.07, 6.45) is -10.8. The Balaban J connectivity index is 3.33. The van der Waals surface area contributed by atoms with Gasteiger partial charge in [0.25, 0.3) is 0 Å². The molecule has 0 aliphatic carbocycles. The SMILES string of the molecule is CCCC(O)c1ccc(C(F)(F)F)cc1C(F)(F)F. The number of alkyl halides is 6. The van der Waals surface area contributed by atoms with Gasteiger partial charge in [0.05, 0.1) is 17.2 Å². The molecule has 0 saturated heterocycles. The molecule has 7 heteroatoms. The maximum absolute atomic E-state index is 12.7. The molecule has 0 fully saturated rings. The molecule has 1 aromatic rings. The van der Waals surface area contributed by atoms with Crippen LogP contribution in [0, 0.1) is 0 Å². The van der Waals surface area contributed by atoms with Crippen LogP contribution < -0.4 is 0 Å². The standard InChI is InChI=1S/C12H12F6O/c1-2-3-10(19)8-5-4-7(11(13,14)15)6-9(8)12(16,17)18/h4-6,10,19H,2-3H2,1H3. The van der Waals surface area contributed by atoms with Crippen LogP contribution in [0.15, 0.2) is 18.2 Å². The maximum Gasteiger partial charge on any atom is 0.416 e. The van der Waals surface area contributed by atoms with E-state index in [9.17, 15) is 31.4 Å². The van der Waals surface area contributed by atoms with Crippen LogP contribution in [0.5, 0.6) is 0 Å². The first-order chi connectivity index (χ1) is 8.57. The monoisotopic (exact) mass is 286 g/mol. The lowest BCUT2D eigenvalue weighted by atomic mass is 9.96. The Bertz CT molecular complexity index is 435. The summed E-state index contributed by atoms with van der Waals surface area (Å²) in [6.45, 7) is 1.65. The van der Waals surface area contributed by atoms with Gasteiger partial charge < -0.3 is 5.11 Å². The van der Waals surface area contributed by atoms with Gasteiger partial charge in [0.15, 0.2) is 0 Å². The number of hydrogen-bond donors (Lipinski definition) is 1. The van der Waals surface area contributed by atoms with Crippen molar-refractivity contribution in [3.8, 4) is 0 Å². The van der Waals surface area contributed by atoms with Crippen LogP contribution in [0.2, 0.25) is 0 Å². The quantitative estimate of drug-likeness (QED) is 0.808. The molecule has 0 bridgehead atoms. The highest BCUT2D eigenvalue weighted by atomic mass is 19.4. The second-order valence-corrected chi connectivity index (χ2v) is 4.10. The highest BCUT2D eigenvalue weighted by Crippen LogP contribution is 2.39. The van der Waals surface area contributed by atoms with Crippen LogP contribution in [-0.4, -0.2) is 5.11 Å². The third-order valence-corrected chi connectivity index (χ3v) is 2.61. The van der Waals surface area contributed by atoms with E-state index < -0.39 is 35.1 Å². The van der Waals surface area contributed by atoms with E-state index in [1.54, 1.807) is 6.92 Å². The van der Waals surface area contributed by atoms with E-state index in [0.717, 1.165) is 0 Å². The first-order valence-electron chi connectivity index (χ1n) is 5.53. The summed E-state index contributed by atoms with van der Waals surface area (Å²) in [4.78, 5) is 0. The molecule has 1 N–H and O–H groups in total. The number of rotatable bonds is 3. The summed E-state index contributed by atoms with van der Waals surface area (Å²) in [7, 11) is 0. The number of benzene rings is 1. The molecule has 0 aliphatic rings. The second-order valence-electron chi connectivity index (χ2n) is 4.10. The molecule has 1 nitrogen and oxygen atoms in total. The van der Waals surface area contributed by atoms with Gasteiger partial charge in [-0.3, -0.25) is 0 Å². The fraction of sp³-hybridized carbons (Fsp3) is 0.500. The number of hydrogen-bond acceptors (Lipinski definition) is 1. The third-order valence-electron chi connectivity index (χ3n) is 2.61. The van der Waals surface area contributed by atoms with E-state index in [0.29, 0.717) is 18.6 Å². The highest BCUT2D eigenvalue weighted by Gasteiger charge is 2.39. The lowest BCUT2D eigenvalue weighted by molar-refractivity contribution is -0.144. The number of halogens is 6. The van der Waals surface area contributed by atoms with Gasteiger partial charge in [-0.05, 0) is 24.1 Å². The highest BCUT2D eigenvalue weighted by molar-refractivity contribution is 5.36. The molecule has 1 unspecified atom stereocenters. The predicted octanol–water partition coefficient (Wildman–Crippen LogP) is 4.56. The lowest BCUT2D eigenvalue weighted by Crippen LogP contribution is -2.15. The third kappa shape index (κ3) is 3.86. The minimum atomic E-state index is -4.94. The van der Waals surface area contributed by atoms with Crippen LogP contribution in [0.1, 0.15) is 42.6 Å². The Morgan fingerprint density at radius 1 is 1.05 bits per heavy atom. The predicted molar refractivity (Wildman–Crippen MR) is 56.3 cm³/mol. The van der Waals surface area contributed by atoms with E-state index in [-0.39, 0.29) is 12.5 Å². The van der Waals surface area contributed by atoms with Crippen LogP contribution in [-0.2, 0) is 12.4 Å². The topological polar surface area (TPSA) is 20.2 Å². The molecule has 0 saturated carbocycles. The van der Waals surface area contributed by atoms with Crippen molar-refractivity contribution < 1.29 is 31.4 Å².